The molecular formula is C10H16N4O2. The van der Waals surface area contributed by atoms with Crippen LogP contribution in [0.2, 0.25) is 0 Å². The Bertz CT molecular complexity index is 373. The van der Waals surface area contributed by atoms with Crippen molar-refractivity contribution in [3.63, 3.8) is 0 Å². The summed E-state index contributed by atoms with van der Waals surface area (Å²) < 4.78 is 4.98. The van der Waals surface area contributed by atoms with Gasteiger partial charge in [-0.05, 0) is 20.8 Å². The summed E-state index contributed by atoms with van der Waals surface area (Å²) in [6, 6.07) is 0. The highest BCUT2D eigenvalue weighted by Gasteiger charge is 2.14. The normalized spacial score (nSPS) is 11.0. The van der Waals surface area contributed by atoms with Crippen molar-refractivity contribution in [3.05, 3.63) is 18.1 Å². The van der Waals surface area contributed by atoms with Gasteiger partial charge in [0, 0.05) is 23.8 Å². The molecule has 0 aliphatic heterocycles. The van der Waals surface area contributed by atoms with Crippen LogP contribution >= 0.6 is 0 Å². The van der Waals surface area contributed by atoms with E-state index in [-0.39, 0.29) is 5.88 Å². The Kier molecular flexibility index (Phi) is 3.78. The van der Waals surface area contributed by atoms with Crippen LogP contribution in [0.15, 0.2) is 12.5 Å². The lowest BCUT2D eigenvalue weighted by Gasteiger charge is -2.18. The van der Waals surface area contributed by atoms with E-state index in [1.165, 1.54) is 6.33 Å². The van der Waals surface area contributed by atoms with Crippen molar-refractivity contribution in [2.75, 3.05) is 6.54 Å². The quantitative estimate of drug-likeness (QED) is 0.785. The van der Waals surface area contributed by atoms with E-state index in [0.29, 0.717) is 12.1 Å². The number of nitrogens with zero attached hydrogens (tertiary/aromatic N) is 2. The first-order valence-electron chi connectivity index (χ1n) is 4.90. The molecule has 0 aromatic carbocycles. The predicted molar refractivity (Wildman–Crippen MR) is 59.1 cm³/mol. The maximum Gasteiger partial charge on any atom is 0.414 e. The average molecular weight is 224 g/mol. The monoisotopic (exact) mass is 224 g/mol. The molecule has 0 bridgehead atoms. The van der Waals surface area contributed by atoms with Crippen LogP contribution in [-0.4, -0.2) is 28.1 Å². The molecular weight excluding hydrogens is 208 g/mol. The van der Waals surface area contributed by atoms with E-state index in [4.69, 9.17) is 10.5 Å². The molecule has 0 fully saturated rings. The van der Waals surface area contributed by atoms with Crippen molar-refractivity contribution in [2.24, 2.45) is 5.73 Å². The molecule has 3 N–H and O–H groups in total. The maximum atomic E-state index is 11.4. The third-order valence-electron chi connectivity index (χ3n) is 1.72. The fraction of sp³-hybridized carbons (Fsp3) is 0.500. The Balaban J connectivity index is 2.50. The molecule has 0 unspecified atom stereocenters. The van der Waals surface area contributed by atoms with Gasteiger partial charge in [-0.3, -0.25) is 0 Å². The molecule has 0 radical (unpaired) electrons. The molecule has 0 aliphatic carbocycles. The van der Waals surface area contributed by atoms with Crippen LogP contribution in [-0.2, 0) is 0 Å². The lowest BCUT2D eigenvalue weighted by Crippen LogP contribution is -2.45. The van der Waals surface area contributed by atoms with Gasteiger partial charge in [0.2, 0.25) is 5.88 Å². The van der Waals surface area contributed by atoms with Crippen molar-refractivity contribution in [1.82, 2.24) is 15.3 Å². The zero-order valence-electron chi connectivity index (χ0n) is 9.65. The minimum atomic E-state index is -0.569. The second-order valence-electron chi connectivity index (χ2n) is 4.24. The Labute approximate surface area is 94.2 Å². The van der Waals surface area contributed by atoms with Gasteiger partial charge in [-0.1, -0.05) is 0 Å². The molecule has 6 nitrogen and oxygen atoms in total. The van der Waals surface area contributed by atoms with Crippen LogP contribution in [0.25, 0.3) is 0 Å². The summed E-state index contributed by atoms with van der Waals surface area (Å²) in [5.74, 6) is 0.252. The van der Waals surface area contributed by atoms with E-state index < -0.39 is 11.6 Å². The molecule has 1 aromatic heterocycles. The maximum absolute atomic E-state index is 11.4. The van der Waals surface area contributed by atoms with Gasteiger partial charge in [0.05, 0.1) is 0 Å². The Morgan fingerprint density at radius 3 is 2.88 bits per heavy atom. The number of nitrogens with one attached hydrogen (secondary N) is 1. The second-order valence-corrected chi connectivity index (χ2v) is 4.24. The number of nitrogens with two attached hydrogens (primary N) is 1. The Hall–Kier alpha value is -1.69. The molecule has 16 heavy (non-hydrogen) atoms. The number of rotatable bonds is 3. The molecule has 0 saturated heterocycles. The molecule has 1 amide bonds. The van der Waals surface area contributed by atoms with E-state index in [1.807, 2.05) is 13.8 Å². The van der Waals surface area contributed by atoms with Crippen molar-refractivity contribution in [3.8, 4) is 5.88 Å². The first-order chi connectivity index (χ1) is 7.38. The third kappa shape index (κ3) is 4.22. The van der Waals surface area contributed by atoms with Gasteiger partial charge >= 0.3 is 6.09 Å². The summed E-state index contributed by atoms with van der Waals surface area (Å²) in [6.45, 7) is 5.71. The van der Waals surface area contributed by atoms with Crippen LogP contribution < -0.4 is 15.8 Å². The lowest BCUT2D eigenvalue weighted by atomic mass is 10.1. The molecule has 88 valence electrons. The Morgan fingerprint density at radius 2 is 2.31 bits per heavy atom. The zero-order chi connectivity index (χ0) is 12.2. The molecule has 1 rings (SSSR count). The number of carbonyl (C=O) groups is 1. The number of hydrogen-bond acceptors (Lipinski definition) is 5. The van der Waals surface area contributed by atoms with Crippen LogP contribution in [0.4, 0.5) is 4.79 Å². The highest BCUT2D eigenvalue weighted by atomic mass is 16.6. The largest absolute Gasteiger partial charge is 0.414 e. The van der Waals surface area contributed by atoms with Gasteiger partial charge < -0.3 is 15.8 Å². The highest BCUT2D eigenvalue weighted by Crippen LogP contribution is 2.10. The average Bonchev–Trinajstić information content (AvgIpc) is 2.18. The van der Waals surface area contributed by atoms with E-state index in [2.05, 4.69) is 15.3 Å². The SMILES string of the molecule is Cc1cncnc1OC(=O)NCC(C)(C)N. The minimum absolute atomic E-state index is 0.252. The van der Waals surface area contributed by atoms with Gasteiger partial charge in [-0.15, -0.1) is 0 Å². The van der Waals surface area contributed by atoms with Crippen LogP contribution in [0.1, 0.15) is 19.4 Å². The van der Waals surface area contributed by atoms with Gasteiger partial charge in [0.1, 0.15) is 6.33 Å². The smallest absolute Gasteiger partial charge is 0.391 e. The standard InChI is InChI=1S/C10H16N4O2/c1-7-4-12-6-14-8(7)16-9(15)13-5-10(2,3)11/h4,6H,5,11H2,1-3H3,(H,13,15). The zero-order valence-corrected chi connectivity index (χ0v) is 9.65. The number of amides is 1. The molecule has 0 aliphatic rings. The molecule has 0 saturated carbocycles. The minimum Gasteiger partial charge on any atom is -0.391 e. The fourth-order valence-corrected chi connectivity index (χ4v) is 0.919. The number of aryl methyl sites for hydroxylation is 1. The molecule has 1 aromatic rings. The highest BCUT2D eigenvalue weighted by molar-refractivity contribution is 5.70. The van der Waals surface area contributed by atoms with Gasteiger partial charge in [0.25, 0.3) is 0 Å². The lowest BCUT2D eigenvalue weighted by molar-refractivity contribution is 0.195. The van der Waals surface area contributed by atoms with Gasteiger partial charge in [0.15, 0.2) is 0 Å². The predicted octanol–water partition coefficient (Wildman–Crippen LogP) is 0.611. The van der Waals surface area contributed by atoms with Crippen LogP contribution in [0.5, 0.6) is 5.88 Å². The number of hydrogen-bond donors (Lipinski definition) is 2. The first kappa shape index (κ1) is 12.4. The number of ether oxygens (including phenoxy) is 1. The van der Waals surface area contributed by atoms with Crippen molar-refractivity contribution in [2.45, 2.75) is 26.3 Å². The third-order valence-corrected chi connectivity index (χ3v) is 1.72. The van der Waals surface area contributed by atoms with Crippen LogP contribution in [0, 0.1) is 6.92 Å². The van der Waals surface area contributed by atoms with Crippen molar-refractivity contribution >= 4 is 6.09 Å². The summed E-state index contributed by atoms with van der Waals surface area (Å²) in [4.78, 5) is 19.0. The molecule has 6 heteroatoms. The summed E-state index contributed by atoms with van der Waals surface area (Å²) in [5.41, 5.74) is 5.94. The summed E-state index contributed by atoms with van der Waals surface area (Å²) in [6.07, 6.45) is 2.32. The number of aromatic nitrogens is 2. The van der Waals surface area contributed by atoms with E-state index in [9.17, 15) is 4.79 Å². The van der Waals surface area contributed by atoms with E-state index >= 15 is 0 Å². The number of carbonyl (C=O) groups excluding carboxylic acids is 1. The van der Waals surface area contributed by atoms with Crippen molar-refractivity contribution < 1.29 is 9.53 Å². The van der Waals surface area contributed by atoms with Gasteiger partial charge in [-0.2, -0.15) is 0 Å². The summed E-state index contributed by atoms with van der Waals surface area (Å²) in [7, 11) is 0. The summed E-state index contributed by atoms with van der Waals surface area (Å²) in [5, 5.41) is 2.55. The summed E-state index contributed by atoms with van der Waals surface area (Å²) >= 11 is 0. The molecule has 0 spiro atoms. The van der Waals surface area contributed by atoms with Crippen molar-refractivity contribution in [1.29, 1.82) is 0 Å². The Morgan fingerprint density at radius 1 is 1.62 bits per heavy atom. The van der Waals surface area contributed by atoms with E-state index in [1.54, 1.807) is 13.1 Å². The van der Waals surface area contributed by atoms with E-state index in [0.717, 1.165) is 0 Å². The fourth-order valence-electron chi connectivity index (χ4n) is 0.919. The molecule has 1 heterocycles. The van der Waals surface area contributed by atoms with Crippen LogP contribution in [0.3, 0.4) is 0 Å². The second kappa shape index (κ2) is 4.89. The van der Waals surface area contributed by atoms with Gasteiger partial charge in [-0.25, -0.2) is 14.8 Å². The topological polar surface area (TPSA) is 90.1 Å². The molecule has 0 atom stereocenters. The first-order valence-corrected chi connectivity index (χ1v) is 4.90.